The average molecular weight is 466 g/mol. The molecule has 0 atom stereocenters. The van der Waals surface area contributed by atoms with E-state index in [1.54, 1.807) is 11.3 Å². The van der Waals surface area contributed by atoms with E-state index in [0.717, 1.165) is 28.0 Å². The minimum Gasteiger partial charge on any atom is -0.332 e. The first-order valence-corrected chi connectivity index (χ1v) is 10.0. The van der Waals surface area contributed by atoms with Crippen LogP contribution in [0.3, 0.4) is 0 Å². The molecule has 144 valence electrons. The summed E-state index contributed by atoms with van der Waals surface area (Å²) in [7, 11) is 0. The maximum Gasteiger partial charge on any atom is 0.187 e. The Labute approximate surface area is 181 Å². The van der Waals surface area contributed by atoms with Crippen molar-refractivity contribution in [3.63, 3.8) is 0 Å². The van der Waals surface area contributed by atoms with Gasteiger partial charge in [-0.2, -0.15) is 0 Å². The van der Waals surface area contributed by atoms with Crippen LogP contribution in [-0.2, 0) is 11.8 Å². The van der Waals surface area contributed by atoms with Gasteiger partial charge in [0.1, 0.15) is 0 Å². The van der Waals surface area contributed by atoms with Gasteiger partial charge in [0.15, 0.2) is 5.13 Å². The molecule has 0 aliphatic carbocycles. The Bertz CT molecular complexity index is 911. The average Bonchev–Trinajstić information content (AvgIpc) is 2.96. The van der Waals surface area contributed by atoms with Gasteiger partial charge < -0.3 is 5.32 Å². The highest BCUT2D eigenvalue weighted by atomic mass is 79.9. The predicted molar refractivity (Wildman–Crippen MR) is 125 cm³/mol. The summed E-state index contributed by atoms with van der Waals surface area (Å²) < 4.78 is 0. The molecule has 0 saturated heterocycles. The van der Waals surface area contributed by atoms with Crippen LogP contribution in [-0.4, -0.2) is 4.98 Å². The lowest BCUT2D eigenvalue weighted by Crippen LogP contribution is -2.14. The molecule has 2 nitrogen and oxygen atoms in total. The van der Waals surface area contributed by atoms with Crippen LogP contribution < -0.4 is 5.32 Å². The van der Waals surface area contributed by atoms with Gasteiger partial charge in [-0.25, -0.2) is 4.98 Å². The number of aryl methyl sites for hydroxylation is 2. The summed E-state index contributed by atoms with van der Waals surface area (Å²) in [5.74, 6) is 0. The molecular formula is C22H26BrClN2S. The van der Waals surface area contributed by atoms with Crippen molar-refractivity contribution in [1.29, 1.82) is 0 Å². The van der Waals surface area contributed by atoms with Crippen molar-refractivity contribution >= 4 is 50.7 Å². The number of rotatable bonds is 4. The molecular weight excluding hydrogens is 440 g/mol. The number of hydrogen-bond donors (Lipinski definition) is 1. The Morgan fingerprint density at radius 3 is 2.26 bits per heavy atom. The van der Waals surface area contributed by atoms with E-state index >= 15 is 0 Å². The van der Waals surface area contributed by atoms with Crippen molar-refractivity contribution in [3.05, 3.63) is 74.7 Å². The highest BCUT2D eigenvalue weighted by molar-refractivity contribution is 8.93. The lowest BCUT2D eigenvalue weighted by Gasteiger charge is -2.17. The van der Waals surface area contributed by atoms with E-state index < -0.39 is 0 Å². The van der Waals surface area contributed by atoms with Gasteiger partial charge >= 0.3 is 0 Å². The molecule has 3 rings (SSSR count). The smallest absolute Gasteiger partial charge is 0.187 e. The molecule has 0 fully saturated rings. The second-order valence-corrected chi connectivity index (χ2v) is 9.29. The van der Waals surface area contributed by atoms with E-state index in [4.69, 9.17) is 16.6 Å². The fourth-order valence-electron chi connectivity index (χ4n) is 2.84. The third-order valence-electron chi connectivity index (χ3n) is 4.44. The number of hydrogen-bond acceptors (Lipinski definition) is 3. The Hall–Kier alpha value is -1.36. The Balaban J connectivity index is 0.00000261. The van der Waals surface area contributed by atoms with Crippen LogP contribution in [0.1, 0.15) is 48.0 Å². The van der Waals surface area contributed by atoms with Gasteiger partial charge in [-0.05, 0) is 54.8 Å². The van der Waals surface area contributed by atoms with E-state index in [9.17, 15) is 0 Å². The zero-order valence-electron chi connectivity index (χ0n) is 16.4. The van der Waals surface area contributed by atoms with Crippen LogP contribution in [0.25, 0.3) is 0 Å². The van der Waals surface area contributed by atoms with Gasteiger partial charge in [0.05, 0.1) is 5.69 Å². The summed E-state index contributed by atoms with van der Waals surface area (Å²) in [5.41, 5.74) is 6.07. The Morgan fingerprint density at radius 1 is 1.00 bits per heavy atom. The van der Waals surface area contributed by atoms with Gasteiger partial charge in [-0.1, -0.05) is 50.6 Å². The molecule has 0 radical (unpaired) electrons. The quantitative estimate of drug-likeness (QED) is 0.428. The minimum absolute atomic E-state index is 0. The zero-order chi connectivity index (χ0) is 18.9. The summed E-state index contributed by atoms with van der Waals surface area (Å²) >= 11 is 7.75. The van der Waals surface area contributed by atoms with Crippen LogP contribution in [0.15, 0.2) is 42.5 Å². The maximum absolute atomic E-state index is 6.02. The van der Waals surface area contributed by atoms with Crippen LogP contribution in [0.4, 0.5) is 10.8 Å². The summed E-state index contributed by atoms with van der Waals surface area (Å²) in [4.78, 5) is 6.22. The van der Waals surface area contributed by atoms with Crippen LogP contribution in [0.5, 0.6) is 0 Å². The molecule has 0 aliphatic heterocycles. The van der Waals surface area contributed by atoms with E-state index in [0.29, 0.717) is 0 Å². The number of thiazole rings is 1. The summed E-state index contributed by atoms with van der Waals surface area (Å²) in [6, 6.07) is 14.5. The summed E-state index contributed by atoms with van der Waals surface area (Å²) in [5, 5.41) is 5.20. The topological polar surface area (TPSA) is 24.9 Å². The first-order chi connectivity index (χ1) is 12.2. The normalized spacial score (nSPS) is 11.2. The molecule has 27 heavy (non-hydrogen) atoms. The molecule has 0 aliphatic rings. The van der Waals surface area contributed by atoms with Crippen LogP contribution in [0, 0.1) is 13.8 Å². The third kappa shape index (κ3) is 5.56. The van der Waals surface area contributed by atoms with Crippen molar-refractivity contribution in [2.24, 2.45) is 0 Å². The van der Waals surface area contributed by atoms with Crippen molar-refractivity contribution in [1.82, 2.24) is 4.98 Å². The highest BCUT2D eigenvalue weighted by Crippen LogP contribution is 2.35. The highest BCUT2D eigenvalue weighted by Gasteiger charge is 2.23. The van der Waals surface area contributed by atoms with Crippen LogP contribution in [0.2, 0.25) is 5.02 Å². The lowest BCUT2D eigenvalue weighted by atomic mass is 9.90. The first-order valence-electron chi connectivity index (χ1n) is 8.81. The van der Waals surface area contributed by atoms with Crippen molar-refractivity contribution < 1.29 is 0 Å². The number of nitrogens with zero attached hydrogens (tertiary/aromatic N) is 1. The molecule has 5 heteroatoms. The predicted octanol–water partition coefficient (Wildman–Crippen LogP) is 7.62. The number of nitrogens with one attached hydrogen (secondary N) is 1. The SMILES string of the molecule is Br.Cc1ccc(Nc2nc(C(C)(C)C)c(Cc3ccc(Cl)cc3)s2)cc1C. The molecule has 0 unspecified atom stereocenters. The van der Waals surface area contributed by atoms with E-state index in [1.807, 2.05) is 12.1 Å². The zero-order valence-corrected chi connectivity index (χ0v) is 19.7. The molecule has 1 aromatic heterocycles. The second kappa shape index (κ2) is 8.76. The standard InChI is InChI=1S/C22H25ClN2S.BrH/c1-14-6-11-18(12-15(14)2)24-21-25-20(22(3,4)5)19(26-21)13-16-7-9-17(23)10-8-16;/h6-12H,13H2,1-5H3,(H,24,25);1H. The fourth-order valence-corrected chi connectivity index (χ4v) is 4.19. The summed E-state index contributed by atoms with van der Waals surface area (Å²) in [6.45, 7) is 10.9. The van der Waals surface area contributed by atoms with Gasteiger partial charge in [0, 0.05) is 27.4 Å². The number of benzene rings is 2. The number of anilines is 2. The van der Waals surface area contributed by atoms with E-state index in [2.05, 4.69) is 70.3 Å². The molecule has 2 aromatic carbocycles. The van der Waals surface area contributed by atoms with Crippen LogP contribution >= 0.6 is 39.9 Å². The Morgan fingerprint density at radius 2 is 1.67 bits per heavy atom. The molecule has 0 saturated carbocycles. The van der Waals surface area contributed by atoms with E-state index in [1.165, 1.54) is 21.6 Å². The van der Waals surface area contributed by atoms with Gasteiger partial charge in [-0.3, -0.25) is 0 Å². The maximum atomic E-state index is 6.02. The third-order valence-corrected chi connectivity index (χ3v) is 5.67. The van der Waals surface area contributed by atoms with Gasteiger partial charge in [0.25, 0.3) is 0 Å². The molecule has 0 bridgehead atoms. The van der Waals surface area contributed by atoms with Crippen molar-refractivity contribution in [2.45, 2.75) is 46.5 Å². The van der Waals surface area contributed by atoms with E-state index in [-0.39, 0.29) is 22.4 Å². The molecule has 0 spiro atoms. The molecule has 1 N–H and O–H groups in total. The lowest BCUT2D eigenvalue weighted by molar-refractivity contribution is 0.568. The van der Waals surface area contributed by atoms with Crippen molar-refractivity contribution in [2.75, 3.05) is 5.32 Å². The number of halogens is 2. The largest absolute Gasteiger partial charge is 0.332 e. The fraction of sp³-hybridized carbons (Fsp3) is 0.318. The monoisotopic (exact) mass is 464 g/mol. The number of aromatic nitrogens is 1. The first kappa shape index (κ1) is 21.9. The van der Waals surface area contributed by atoms with Crippen molar-refractivity contribution in [3.8, 4) is 0 Å². The molecule has 1 heterocycles. The molecule has 3 aromatic rings. The second-order valence-electron chi connectivity index (χ2n) is 7.77. The van der Waals surface area contributed by atoms with Gasteiger partial charge in [-0.15, -0.1) is 28.3 Å². The Kier molecular flexibility index (Phi) is 7.12. The van der Waals surface area contributed by atoms with Gasteiger partial charge in [0.2, 0.25) is 0 Å². The molecule has 0 amide bonds. The minimum atomic E-state index is 0. The summed E-state index contributed by atoms with van der Waals surface area (Å²) in [6.07, 6.45) is 0.871.